The Balaban J connectivity index is 3.56. The second-order valence-corrected chi connectivity index (χ2v) is 2.61. The van der Waals surface area contributed by atoms with Gasteiger partial charge in [0.1, 0.15) is 4.84 Å². The van der Waals surface area contributed by atoms with Gasteiger partial charge in [0.2, 0.25) is 0 Å². The highest BCUT2D eigenvalue weighted by Crippen LogP contribution is 2.17. The van der Waals surface area contributed by atoms with E-state index in [4.69, 9.17) is 34.8 Å². The molecule has 0 aliphatic carbocycles. The van der Waals surface area contributed by atoms with Crippen molar-refractivity contribution in [1.82, 2.24) is 0 Å². The van der Waals surface area contributed by atoms with Crippen molar-refractivity contribution in [3.05, 3.63) is 10.4 Å². The highest BCUT2D eigenvalue weighted by molar-refractivity contribution is 7.83. The number of hydrogen-bond acceptors (Lipinski definition) is 1. The zero-order valence-corrected chi connectivity index (χ0v) is 6.40. The van der Waals surface area contributed by atoms with Gasteiger partial charge >= 0.3 is 0 Å². The molecule has 0 amide bonds. The van der Waals surface area contributed by atoms with E-state index >= 15 is 0 Å². The number of halogens is 3. The van der Waals surface area contributed by atoms with Crippen LogP contribution in [-0.2, 0) is 0 Å². The quantitative estimate of drug-likeness (QED) is 0.462. The lowest BCUT2D eigenvalue weighted by Gasteiger charge is -1.91. The Hall–Kier alpha value is 0.960. The predicted molar refractivity (Wildman–Crippen MR) is 38.4 cm³/mol. The van der Waals surface area contributed by atoms with Gasteiger partial charge in [0.05, 0.1) is 5.03 Å². The Morgan fingerprint density at radius 2 is 2.00 bits per heavy atom. The normalized spacial score (nSPS) is 13.0. The average Bonchev–Trinajstić information content (AvgIpc) is 1.65. The van der Waals surface area contributed by atoms with Gasteiger partial charge in [-0.25, -0.2) is 0 Å². The van der Waals surface area contributed by atoms with Gasteiger partial charge in [-0.1, -0.05) is 34.8 Å². The van der Waals surface area contributed by atoms with E-state index < -0.39 is 4.84 Å². The fraction of sp³-hybridized carbons (Fsp3) is 0.333. The number of alkyl halides is 2. The summed E-state index contributed by atoms with van der Waals surface area (Å²) in [5, 5.41) is 1.69. The number of thiol groups is 1. The van der Waals surface area contributed by atoms with Gasteiger partial charge in [-0.05, 0) is 5.41 Å². The number of rotatable bonds is 1. The monoisotopic (exact) mass is 176 g/mol. The molecule has 0 N–H and O–H groups in total. The van der Waals surface area contributed by atoms with Crippen molar-refractivity contribution in [3.63, 3.8) is 0 Å². The lowest BCUT2D eigenvalue weighted by atomic mass is 10.7. The lowest BCUT2D eigenvalue weighted by Crippen LogP contribution is -1.81. The minimum Gasteiger partial charge on any atom is -0.150 e. The van der Waals surface area contributed by atoms with Gasteiger partial charge in [0, 0.05) is 0 Å². The summed E-state index contributed by atoms with van der Waals surface area (Å²) in [5.74, 6) is 0. The first-order valence-corrected chi connectivity index (χ1v) is 3.23. The fourth-order valence-corrected chi connectivity index (χ4v) is 0.507. The van der Waals surface area contributed by atoms with Gasteiger partial charge in [0.15, 0.2) is 0 Å². The average molecular weight is 177 g/mol. The van der Waals surface area contributed by atoms with Gasteiger partial charge < -0.3 is 0 Å². The van der Waals surface area contributed by atoms with E-state index in [-0.39, 0.29) is 0 Å². The van der Waals surface area contributed by atoms with Crippen LogP contribution in [0.4, 0.5) is 0 Å². The van der Waals surface area contributed by atoms with Crippen LogP contribution in [0.15, 0.2) is 10.4 Å². The summed E-state index contributed by atoms with van der Waals surface area (Å²) in [7, 11) is 0. The summed E-state index contributed by atoms with van der Waals surface area (Å²) in [4.78, 5) is -0.640. The molecular weight excluding hydrogens is 174 g/mol. The highest BCUT2D eigenvalue weighted by Gasteiger charge is 1.99. The van der Waals surface area contributed by atoms with Crippen LogP contribution in [0.3, 0.4) is 0 Å². The first-order chi connectivity index (χ1) is 3.18. The molecule has 0 heterocycles. The zero-order chi connectivity index (χ0) is 5.86. The third-order valence-electron chi connectivity index (χ3n) is 0.332. The van der Waals surface area contributed by atoms with Crippen LogP contribution in [-0.4, -0.2) is 4.84 Å². The van der Waals surface area contributed by atoms with Crippen LogP contribution in [0, 0.1) is 0 Å². The summed E-state index contributed by atoms with van der Waals surface area (Å²) in [6.45, 7) is 0. The summed E-state index contributed by atoms with van der Waals surface area (Å²) in [5.41, 5.74) is 0. The topological polar surface area (TPSA) is 0 Å². The molecule has 0 aromatic rings. The van der Waals surface area contributed by atoms with Gasteiger partial charge in [0.25, 0.3) is 0 Å². The van der Waals surface area contributed by atoms with E-state index in [1.807, 2.05) is 0 Å². The SMILES string of the molecule is S/C=C(/Cl)C(Cl)Cl. The molecule has 0 radical (unpaired) electrons. The maximum absolute atomic E-state index is 5.32. The van der Waals surface area contributed by atoms with Crippen molar-refractivity contribution in [1.29, 1.82) is 0 Å². The van der Waals surface area contributed by atoms with Crippen LogP contribution in [0.5, 0.6) is 0 Å². The lowest BCUT2D eigenvalue weighted by molar-refractivity contribution is 1.57. The molecule has 0 aliphatic heterocycles. The molecule has 7 heavy (non-hydrogen) atoms. The molecule has 0 bridgehead atoms. The Morgan fingerprint density at radius 1 is 1.57 bits per heavy atom. The summed E-state index contributed by atoms with van der Waals surface area (Å²) < 4.78 is 0. The highest BCUT2D eigenvalue weighted by atomic mass is 35.5. The van der Waals surface area contributed by atoms with Crippen LogP contribution in [0.1, 0.15) is 0 Å². The maximum Gasteiger partial charge on any atom is 0.143 e. The molecule has 0 rings (SSSR count). The zero-order valence-electron chi connectivity index (χ0n) is 3.24. The smallest absolute Gasteiger partial charge is 0.143 e. The van der Waals surface area contributed by atoms with Crippen LogP contribution in [0.25, 0.3) is 0 Å². The molecule has 0 unspecified atom stereocenters. The van der Waals surface area contributed by atoms with Crippen LogP contribution >= 0.6 is 47.4 Å². The predicted octanol–water partition coefficient (Wildman–Crippen LogP) is 2.80. The van der Waals surface area contributed by atoms with E-state index in [9.17, 15) is 0 Å². The first-order valence-electron chi connectivity index (χ1n) is 1.46. The van der Waals surface area contributed by atoms with E-state index in [0.29, 0.717) is 5.03 Å². The second kappa shape index (κ2) is 3.90. The van der Waals surface area contributed by atoms with Crippen molar-refractivity contribution < 1.29 is 0 Å². The molecule has 0 aliphatic rings. The van der Waals surface area contributed by atoms with Crippen molar-refractivity contribution >= 4 is 47.4 Å². The molecule has 0 atom stereocenters. The largest absolute Gasteiger partial charge is 0.150 e. The molecule has 42 valence electrons. The van der Waals surface area contributed by atoms with Crippen molar-refractivity contribution in [3.8, 4) is 0 Å². The van der Waals surface area contributed by atoms with Gasteiger partial charge in [-0.3, -0.25) is 0 Å². The number of allylic oxidation sites excluding steroid dienone is 1. The standard InChI is InChI=1S/C3H3Cl3S/c4-2(1-7)3(5)6/h1,3,7H/b2-1+. The molecule has 0 aromatic heterocycles. The van der Waals surface area contributed by atoms with E-state index in [1.54, 1.807) is 0 Å². The van der Waals surface area contributed by atoms with E-state index in [1.165, 1.54) is 5.41 Å². The second-order valence-electron chi connectivity index (χ2n) is 0.815. The summed E-state index contributed by atoms with van der Waals surface area (Å²) in [6.07, 6.45) is 0. The van der Waals surface area contributed by atoms with Crippen LogP contribution in [0.2, 0.25) is 0 Å². The number of hydrogen-bond donors (Lipinski definition) is 1. The summed E-state index contributed by atoms with van der Waals surface area (Å²) in [6, 6.07) is 0. The molecule has 0 fully saturated rings. The Bertz CT molecular complexity index is 78.2. The van der Waals surface area contributed by atoms with Crippen molar-refractivity contribution in [2.75, 3.05) is 0 Å². The van der Waals surface area contributed by atoms with Gasteiger partial charge in [-0.2, -0.15) is 12.6 Å². The van der Waals surface area contributed by atoms with Crippen molar-refractivity contribution in [2.45, 2.75) is 4.84 Å². The van der Waals surface area contributed by atoms with Crippen molar-refractivity contribution in [2.24, 2.45) is 0 Å². The molecule has 0 nitrogen and oxygen atoms in total. The molecule has 0 saturated heterocycles. The molecule has 0 aromatic carbocycles. The third-order valence-corrected chi connectivity index (χ3v) is 1.78. The Morgan fingerprint density at radius 3 is 2.00 bits per heavy atom. The Kier molecular flexibility index (Phi) is 4.44. The molecule has 0 saturated carbocycles. The minimum absolute atomic E-state index is 0.340. The summed E-state index contributed by atoms with van der Waals surface area (Å²) >= 11 is 19.5. The molecule has 0 spiro atoms. The van der Waals surface area contributed by atoms with Gasteiger partial charge in [-0.15, -0.1) is 0 Å². The molecule has 4 heteroatoms. The third kappa shape index (κ3) is 3.53. The van der Waals surface area contributed by atoms with E-state index in [0.717, 1.165) is 0 Å². The first kappa shape index (κ1) is 7.96. The fourth-order valence-electron chi connectivity index (χ4n) is 0.0563. The van der Waals surface area contributed by atoms with E-state index in [2.05, 4.69) is 12.6 Å². The Labute approximate surface area is 62.8 Å². The van der Waals surface area contributed by atoms with Crippen LogP contribution < -0.4 is 0 Å². The molecular formula is C3H3Cl3S. The minimum atomic E-state index is -0.640. The maximum atomic E-state index is 5.32.